The van der Waals surface area contributed by atoms with Gasteiger partial charge < -0.3 is 18.9 Å². The van der Waals surface area contributed by atoms with Gasteiger partial charge in [0, 0.05) is 31.4 Å². The molecule has 1 fully saturated rings. The molecule has 1 atom stereocenters. The van der Waals surface area contributed by atoms with Crippen LogP contribution >= 0.6 is 0 Å². The lowest BCUT2D eigenvalue weighted by Gasteiger charge is -2.24. The van der Waals surface area contributed by atoms with Gasteiger partial charge in [-0.2, -0.15) is 4.31 Å². The maximum Gasteiger partial charge on any atom is 0.243 e. The number of aromatic nitrogens is 1. The number of sulfonamides is 1. The Kier molecular flexibility index (Phi) is 11.4. The van der Waals surface area contributed by atoms with Crippen molar-refractivity contribution in [1.82, 2.24) is 9.29 Å². The summed E-state index contributed by atoms with van der Waals surface area (Å²) in [5.74, 6) is 2.89. The smallest absolute Gasteiger partial charge is 0.243 e. The highest BCUT2D eigenvalue weighted by atomic mass is 32.2. The number of benzene rings is 4. The Bertz CT molecular complexity index is 1880. The fourth-order valence-corrected chi connectivity index (χ4v) is 7.91. The predicted molar refractivity (Wildman–Crippen MR) is 195 cm³/mol. The average molecular weight is 693 g/mol. The van der Waals surface area contributed by atoms with Crippen molar-refractivity contribution < 1.29 is 27.4 Å². The van der Waals surface area contributed by atoms with Crippen LogP contribution in [-0.2, 0) is 29.5 Å². The number of ether oxygens (including phenoxy) is 4. The first-order valence-corrected chi connectivity index (χ1v) is 18.4. The number of nitrogens with zero attached hydrogens (tertiary/aromatic N) is 2. The molecule has 0 aliphatic heterocycles. The van der Waals surface area contributed by atoms with Crippen molar-refractivity contribution in [2.75, 3.05) is 21.3 Å². The number of pyridine rings is 1. The Labute approximate surface area is 295 Å². The third kappa shape index (κ3) is 8.46. The highest BCUT2D eigenvalue weighted by Crippen LogP contribution is 2.37. The number of rotatable bonds is 15. The van der Waals surface area contributed by atoms with E-state index in [2.05, 4.69) is 17.1 Å². The van der Waals surface area contributed by atoms with Gasteiger partial charge in [-0.05, 0) is 121 Å². The van der Waals surface area contributed by atoms with Gasteiger partial charge in [-0.25, -0.2) is 8.42 Å². The molecule has 1 heterocycles. The van der Waals surface area contributed by atoms with Gasteiger partial charge in [0.15, 0.2) is 11.5 Å². The SMILES string of the molecule is COc1ccc(CN(Cc2ccc(OC)cc2)S(=O)(=O)c2ccc(CC(c3ccncc3)c3ccc(OC)c(OC4CCCC4)c3)cc2)cc1. The predicted octanol–water partition coefficient (Wildman–Crippen LogP) is 8.19. The van der Waals surface area contributed by atoms with E-state index in [9.17, 15) is 8.42 Å². The number of hydrogen-bond donors (Lipinski definition) is 0. The molecule has 0 spiro atoms. The van der Waals surface area contributed by atoms with Crippen LogP contribution in [0, 0.1) is 0 Å². The van der Waals surface area contributed by atoms with Crippen LogP contribution in [0.25, 0.3) is 0 Å². The second kappa shape index (κ2) is 16.2. The Morgan fingerprint density at radius 3 is 1.76 bits per heavy atom. The van der Waals surface area contributed by atoms with Crippen LogP contribution in [0.15, 0.2) is 120 Å². The normalized spacial score (nSPS) is 14.0. The van der Waals surface area contributed by atoms with Gasteiger partial charge in [0.2, 0.25) is 10.0 Å². The maximum atomic E-state index is 14.2. The van der Waals surface area contributed by atoms with E-state index in [1.54, 1.807) is 45.9 Å². The van der Waals surface area contributed by atoms with E-state index in [0.29, 0.717) is 17.9 Å². The van der Waals surface area contributed by atoms with Crippen molar-refractivity contribution >= 4 is 10.0 Å². The molecule has 0 amide bonds. The fraction of sp³-hybridized carbons (Fsp3) is 0.293. The number of methoxy groups -OCH3 is 3. The Hall–Kier alpha value is -4.86. The Balaban J connectivity index is 1.27. The summed E-state index contributed by atoms with van der Waals surface area (Å²) in [5, 5.41) is 0. The molecule has 8 nitrogen and oxygen atoms in total. The molecule has 1 aromatic heterocycles. The summed E-state index contributed by atoms with van der Waals surface area (Å²) in [6.45, 7) is 0.403. The van der Waals surface area contributed by atoms with Gasteiger partial charge >= 0.3 is 0 Å². The molecular weight excluding hydrogens is 649 g/mol. The zero-order valence-electron chi connectivity index (χ0n) is 28.8. The lowest BCUT2D eigenvalue weighted by atomic mass is 9.86. The van der Waals surface area contributed by atoms with Crippen LogP contribution in [0.3, 0.4) is 0 Å². The fourth-order valence-electron chi connectivity index (χ4n) is 6.49. The third-order valence-electron chi connectivity index (χ3n) is 9.33. The summed E-state index contributed by atoms with van der Waals surface area (Å²) in [4.78, 5) is 4.48. The van der Waals surface area contributed by atoms with Gasteiger partial charge in [-0.3, -0.25) is 4.98 Å². The van der Waals surface area contributed by atoms with E-state index < -0.39 is 10.0 Å². The lowest BCUT2D eigenvalue weighted by molar-refractivity contribution is 0.200. The zero-order chi connectivity index (χ0) is 34.9. The molecule has 0 bridgehead atoms. The van der Waals surface area contributed by atoms with Crippen LogP contribution in [0.2, 0.25) is 0 Å². The standard InChI is InChI=1S/C41H44N2O6S/c1-46-35-15-8-31(9-16-35)28-43(29-32-10-17-36(47-2)18-11-32)50(44,45)38-19-12-30(13-20-38)26-39(33-22-24-42-25-23-33)34-14-21-40(48-3)41(27-34)49-37-6-4-5-7-37/h8-25,27,37,39H,4-7,26,28-29H2,1-3H3. The van der Waals surface area contributed by atoms with Gasteiger partial charge in [-0.15, -0.1) is 0 Å². The minimum atomic E-state index is -3.87. The highest BCUT2D eigenvalue weighted by molar-refractivity contribution is 7.89. The van der Waals surface area contributed by atoms with E-state index in [1.807, 2.05) is 78.9 Å². The van der Waals surface area contributed by atoms with E-state index in [1.165, 1.54) is 17.1 Å². The highest BCUT2D eigenvalue weighted by Gasteiger charge is 2.26. The topological polar surface area (TPSA) is 87.2 Å². The first-order valence-electron chi connectivity index (χ1n) is 17.0. The third-order valence-corrected chi connectivity index (χ3v) is 11.1. The summed E-state index contributed by atoms with van der Waals surface area (Å²) in [6, 6.07) is 32.4. The van der Waals surface area contributed by atoms with E-state index >= 15 is 0 Å². The first kappa shape index (κ1) is 35.0. The molecule has 1 unspecified atom stereocenters. The van der Waals surface area contributed by atoms with Crippen LogP contribution in [0.4, 0.5) is 0 Å². The quantitative estimate of drug-likeness (QED) is 0.109. The molecule has 1 aliphatic rings. The van der Waals surface area contributed by atoms with Crippen molar-refractivity contribution in [3.05, 3.63) is 143 Å². The van der Waals surface area contributed by atoms with Crippen molar-refractivity contribution in [2.45, 2.75) is 62.1 Å². The molecule has 1 saturated carbocycles. The summed E-state index contributed by atoms with van der Waals surface area (Å²) in [5.41, 5.74) is 4.92. The summed E-state index contributed by atoms with van der Waals surface area (Å²) >= 11 is 0. The Morgan fingerprint density at radius 1 is 0.660 bits per heavy atom. The van der Waals surface area contributed by atoms with Crippen LogP contribution in [0.5, 0.6) is 23.0 Å². The second-order valence-electron chi connectivity index (χ2n) is 12.6. The molecule has 9 heteroatoms. The molecule has 5 aromatic rings. The number of hydrogen-bond acceptors (Lipinski definition) is 7. The molecule has 6 rings (SSSR count). The van der Waals surface area contributed by atoms with Crippen molar-refractivity contribution in [3.63, 3.8) is 0 Å². The monoisotopic (exact) mass is 692 g/mol. The molecule has 260 valence electrons. The van der Waals surface area contributed by atoms with Crippen LogP contribution < -0.4 is 18.9 Å². The van der Waals surface area contributed by atoms with Gasteiger partial charge in [0.05, 0.1) is 32.3 Å². The molecule has 1 aliphatic carbocycles. The first-order chi connectivity index (χ1) is 24.4. The van der Waals surface area contributed by atoms with Crippen LogP contribution in [0.1, 0.15) is 59.4 Å². The molecular formula is C41H44N2O6S. The lowest BCUT2D eigenvalue weighted by Crippen LogP contribution is -2.30. The maximum absolute atomic E-state index is 14.2. The largest absolute Gasteiger partial charge is 0.497 e. The Morgan fingerprint density at radius 2 is 1.22 bits per heavy atom. The minimum absolute atomic E-state index is 0.0149. The summed E-state index contributed by atoms with van der Waals surface area (Å²) in [6.07, 6.45) is 8.91. The van der Waals surface area contributed by atoms with Crippen molar-refractivity contribution in [1.29, 1.82) is 0 Å². The van der Waals surface area contributed by atoms with E-state index in [0.717, 1.165) is 52.2 Å². The molecule has 0 N–H and O–H groups in total. The zero-order valence-corrected chi connectivity index (χ0v) is 29.6. The van der Waals surface area contributed by atoms with Crippen molar-refractivity contribution in [2.24, 2.45) is 0 Å². The second-order valence-corrected chi connectivity index (χ2v) is 14.5. The summed E-state index contributed by atoms with van der Waals surface area (Å²) < 4.78 is 52.7. The molecule has 4 aromatic carbocycles. The molecule has 0 radical (unpaired) electrons. The van der Waals surface area contributed by atoms with Gasteiger partial charge in [0.1, 0.15) is 11.5 Å². The summed E-state index contributed by atoms with van der Waals surface area (Å²) in [7, 11) is 1.02. The average Bonchev–Trinajstić information content (AvgIpc) is 3.68. The van der Waals surface area contributed by atoms with Gasteiger partial charge in [0.25, 0.3) is 0 Å². The van der Waals surface area contributed by atoms with Gasteiger partial charge in [-0.1, -0.05) is 42.5 Å². The van der Waals surface area contributed by atoms with E-state index in [4.69, 9.17) is 18.9 Å². The van der Waals surface area contributed by atoms with Crippen LogP contribution in [-0.4, -0.2) is 45.1 Å². The molecule has 0 saturated heterocycles. The minimum Gasteiger partial charge on any atom is -0.497 e. The van der Waals surface area contributed by atoms with E-state index in [-0.39, 0.29) is 30.0 Å². The molecule has 50 heavy (non-hydrogen) atoms. The van der Waals surface area contributed by atoms with Crippen molar-refractivity contribution in [3.8, 4) is 23.0 Å².